The Bertz CT molecular complexity index is 295. The number of carbonyl (C=O) groups is 2. The molecule has 1 heterocycles. The van der Waals surface area contributed by atoms with Gasteiger partial charge in [-0.2, -0.15) is 11.8 Å². The van der Waals surface area contributed by atoms with Gasteiger partial charge in [0.15, 0.2) is 0 Å². The number of thioether (sulfide) groups is 1. The smallest absolute Gasteiger partial charge is 0.307 e. The number of hydrogen-bond acceptors (Lipinski definition) is 5. The number of cyclic esters (lactones) is 1. The van der Waals surface area contributed by atoms with Gasteiger partial charge in [0.25, 0.3) is 0 Å². The maximum Gasteiger partial charge on any atom is 0.307 e. The molecule has 17 heavy (non-hydrogen) atoms. The molecule has 5 heteroatoms. The van der Waals surface area contributed by atoms with Gasteiger partial charge >= 0.3 is 11.9 Å². The van der Waals surface area contributed by atoms with Crippen molar-refractivity contribution in [2.45, 2.75) is 56.6 Å². The first-order valence-corrected chi connectivity index (χ1v) is 6.65. The highest BCUT2D eigenvalue weighted by Gasteiger charge is 2.32. The highest BCUT2D eigenvalue weighted by molar-refractivity contribution is 8.01. The van der Waals surface area contributed by atoms with Crippen LogP contribution in [-0.4, -0.2) is 34.6 Å². The van der Waals surface area contributed by atoms with Crippen molar-refractivity contribution in [1.82, 2.24) is 0 Å². The largest absolute Gasteiger partial charge is 0.462 e. The minimum atomic E-state index is -0.341. The second kappa shape index (κ2) is 5.76. The molecular formula is C12H20O4S. The summed E-state index contributed by atoms with van der Waals surface area (Å²) in [4.78, 5) is 22.1. The summed E-state index contributed by atoms with van der Waals surface area (Å²) in [6.45, 7) is 7.89. The number of ether oxygens (including phenoxy) is 2. The van der Waals surface area contributed by atoms with E-state index in [0.717, 1.165) is 6.42 Å². The van der Waals surface area contributed by atoms with Crippen molar-refractivity contribution in [3.05, 3.63) is 0 Å². The van der Waals surface area contributed by atoms with E-state index in [0.29, 0.717) is 6.42 Å². The molecule has 0 radical (unpaired) electrons. The molecule has 1 fully saturated rings. The maximum atomic E-state index is 11.4. The summed E-state index contributed by atoms with van der Waals surface area (Å²) in [5.41, 5.74) is 0. The quantitative estimate of drug-likeness (QED) is 0.728. The predicted molar refractivity (Wildman–Crippen MR) is 66.9 cm³/mol. The van der Waals surface area contributed by atoms with E-state index in [4.69, 9.17) is 9.47 Å². The fraction of sp³-hybridized carbons (Fsp3) is 0.833. The summed E-state index contributed by atoms with van der Waals surface area (Å²) >= 11 is 1.78. The summed E-state index contributed by atoms with van der Waals surface area (Å²) in [5.74, 6) is -0.540. The Labute approximate surface area is 106 Å². The maximum absolute atomic E-state index is 11.4. The van der Waals surface area contributed by atoms with Crippen LogP contribution in [0.3, 0.4) is 0 Å². The minimum absolute atomic E-state index is 0.119. The third-order valence-electron chi connectivity index (χ3n) is 2.21. The summed E-state index contributed by atoms with van der Waals surface area (Å²) in [6, 6.07) is 0. The number of hydrogen-bond donors (Lipinski definition) is 0. The Hall–Kier alpha value is -0.710. The van der Waals surface area contributed by atoms with Gasteiger partial charge < -0.3 is 9.47 Å². The molecule has 4 nitrogen and oxygen atoms in total. The Morgan fingerprint density at radius 1 is 1.53 bits per heavy atom. The topological polar surface area (TPSA) is 52.6 Å². The molecule has 0 saturated carbocycles. The Morgan fingerprint density at radius 3 is 2.71 bits per heavy atom. The zero-order chi connectivity index (χ0) is 13.1. The van der Waals surface area contributed by atoms with E-state index in [1.165, 1.54) is 6.92 Å². The molecule has 0 aromatic rings. The van der Waals surface area contributed by atoms with Crippen LogP contribution in [0.4, 0.5) is 0 Å². The molecule has 0 N–H and O–H groups in total. The van der Waals surface area contributed by atoms with Gasteiger partial charge in [0.2, 0.25) is 0 Å². The molecule has 0 aliphatic carbocycles. The Kier molecular flexibility index (Phi) is 4.86. The van der Waals surface area contributed by atoms with E-state index < -0.39 is 0 Å². The van der Waals surface area contributed by atoms with Gasteiger partial charge in [-0.25, -0.2) is 0 Å². The van der Waals surface area contributed by atoms with E-state index >= 15 is 0 Å². The first-order chi connectivity index (χ1) is 7.76. The average molecular weight is 260 g/mol. The summed E-state index contributed by atoms with van der Waals surface area (Å²) < 4.78 is 10.2. The lowest BCUT2D eigenvalue weighted by Gasteiger charge is -2.32. The van der Waals surface area contributed by atoms with Crippen molar-refractivity contribution in [1.29, 1.82) is 0 Å². The van der Waals surface area contributed by atoms with Gasteiger partial charge in [0.05, 0.1) is 6.42 Å². The number of carbonyl (C=O) groups excluding carboxylic acids is 2. The zero-order valence-electron chi connectivity index (χ0n) is 10.8. The molecule has 1 aliphatic rings. The van der Waals surface area contributed by atoms with Crippen molar-refractivity contribution >= 4 is 23.7 Å². The molecular weight excluding hydrogens is 240 g/mol. The van der Waals surface area contributed by atoms with Crippen LogP contribution < -0.4 is 0 Å². The molecule has 1 rings (SSSR count). The van der Waals surface area contributed by atoms with Gasteiger partial charge in [-0.3, -0.25) is 9.59 Å². The lowest BCUT2D eigenvalue weighted by atomic mass is 10.1. The fourth-order valence-corrected chi connectivity index (χ4v) is 3.28. The zero-order valence-corrected chi connectivity index (χ0v) is 11.6. The third-order valence-corrected chi connectivity index (χ3v) is 3.61. The second-order valence-corrected chi connectivity index (χ2v) is 7.33. The molecule has 1 saturated heterocycles. The predicted octanol–water partition coefficient (Wildman–Crippen LogP) is 2.16. The molecule has 0 spiro atoms. The van der Waals surface area contributed by atoms with Crippen molar-refractivity contribution in [2.75, 3.05) is 6.61 Å². The average Bonchev–Trinajstić information content (AvgIpc) is 2.10. The normalized spacial score (nSPS) is 25.3. The monoisotopic (exact) mass is 260 g/mol. The first kappa shape index (κ1) is 14.4. The van der Waals surface area contributed by atoms with Gasteiger partial charge in [-0.05, 0) is 0 Å². The molecule has 1 aliphatic heterocycles. The Morgan fingerprint density at radius 2 is 2.18 bits per heavy atom. The van der Waals surface area contributed by atoms with Crippen molar-refractivity contribution in [2.24, 2.45) is 0 Å². The van der Waals surface area contributed by atoms with Gasteiger partial charge in [-0.1, -0.05) is 20.8 Å². The van der Waals surface area contributed by atoms with E-state index in [9.17, 15) is 9.59 Å². The van der Waals surface area contributed by atoms with Crippen LogP contribution in [0.1, 0.15) is 40.5 Å². The SMILES string of the molecule is CC(=O)OC[C@@H]1C[C@@H](SC(C)(C)C)CC(=O)O1. The van der Waals surface area contributed by atoms with Gasteiger partial charge in [0.1, 0.15) is 12.7 Å². The lowest BCUT2D eigenvalue weighted by molar-refractivity contribution is -0.162. The van der Waals surface area contributed by atoms with E-state index in [-0.39, 0.29) is 34.6 Å². The summed E-state index contributed by atoms with van der Waals surface area (Å²) in [7, 11) is 0. The molecule has 0 bridgehead atoms. The molecule has 0 aromatic heterocycles. The summed E-state index contributed by atoms with van der Waals surface area (Å²) in [6.07, 6.45) is 0.902. The molecule has 0 unspecified atom stereocenters. The van der Waals surface area contributed by atoms with Crippen molar-refractivity contribution < 1.29 is 19.1 Å². The van der Waals surface area contributed by atoms with E-state index in [2.05, 4.69) is 20.8 Å². The number of esters is 2. The standard InChI is InChI=1S/C12H20O4S/c1-8(13)15-7-9-5-10(6-11(14)16-9)17-12(2,3)4/h9-10H,5-7H2,1-4H3/t9-,10+/m0/s1. The number of rotatable bonds is 3. The van der Waals surface area contributed by atoms with Crippen LogP contribution in [0.2, 0.25) is 0 Å². The third kappa shape index (κ3) is 5.96. The van der Waals surface area contributed by atoms with Crippen LogP contribution >= 0.6 is 11.8 Å². The van der Waals surface area contributed by atoms with E-state index in [1.54, 1.807) is 11.8 Å². The van der Waals surface area contributed by atoms with Crippen molar-refractivity contribution in [3.8, 4) is 0 Å². The lowest BCUT2D eigenvalue weighted by Crippen LogP contribution is -2.36. The van der Waals surface area contributed by atoms with E-state index in [1.807, 2.05) is 0 Å². The molecule has 0 amide bonds. The van der Waals surface area contributed by atoms with Crippen LogP contribution in [0.15, 0.2) is 0 Å². The highest BCUT2D eigenvalue weighted by atomic mass is 32.2. The molecule has 0 aromatic carbocycles. The van der Waals surface area contributed by atoms with Gasteiger partial charge in [0, 0.05) is 23.3 Å². The highest BCUT2D eigenvalue weighted by Crippen LogP contribution is 2.35. The van der Waals surface area contributed by atoms with Gasteiger partial charge in [-0.15, -0.1) is 0 Å². The first-order valence-electron chi connectivity index (χ1n) is 5.77. The van der Waals surface area contributed by atoms with Crippen LogP contribution in [0.25, 0.3) is 0 Å². The molecule has 2 atom stereocenters. The second-order valence-electron chi connectivity index (χ2n) is 5.21. The Balaban J connectivity index is 2.47. The van der Waals surface area contributed by atoms with Crippen molar-refractivity contribution in [3.63, 3.8) is 0 Å². The van der Waals surface area contributed by atoms with Crippen LogP contribution in [0, 0.1) is 0 Å². The fourth-order valence-electron chi connectivity index (χ4n) is 1.75. The summed E-state index contributed by atoms with van der Waals surface area (Å²) in [5, 5.41) is 0.247. The van der Waals surface area contributed by atoms with Crippen LogP contribution in [-0.2, 0) is 19.1 Å². The van der Waals surface area contributed by atoms with Crippen LogP contribution in [0.5, 0.6) is 0 Å². The minimum Gasteiger partial charge on any atom is -0.462 e. The molecule has 98 valence electrons.